The molecule has 1 heterocycles. The number of phenolic OH excluding ortho intramolecular Hbond substituents is 3. The number of hydrogen-bond acceptors (Lipinski definition) is 7. The van der Waals surface area contributed by atoms with Crippen LogP contribution >= 0.6 is 0 Å². The molecule has 3 rings (SSSR count). The summed E-state index contributed by atoms with van der Waals surface area (Å²) in [6.45, 7) is 6.61. The standard InChI is InChI=1S/C20H20O7/c1-5-20(4)12-8-14(10(3)17(23)16(12)19(25)27-20)26-18(24)15-9(2)6-11(21)7-13(15)22/h6-8,21-23H,5H2,1-4H3. The number of fused-ring (bicyclic) bond motifs is 1. The summed E-state index contributed by atoms with van der Waals surface area (Å²) in [5.41, 5.74) is 0.00779. The molecule has 1 aliphatic heterocycles. The Morgan fingerprint density at radius 3 is 2.44 bits per heavy atom. The summed E-state index contributed by atoms with van der Waals surface area (Å²) in [6.07, 6.45) is 0.472. The van der Waals surface area contributed by atoms with Gasteiger partial charge in [-0.05, 0) is 44.9 Å². The van der Waals surface area contributed by atoms with Gasteiger partial charge < -0.3 is 24.8 Å². The van der Waals surface area contributed by atoms with Crippen LogP contribution < -0.4 is 4.74 Å². The third-order valence-corrected chi connectivity index (χ3v) is 4.98. The van der Waals surface area contributed by atoms with Gasteiger partial charge in [-0.3, -0.25) is 0 Å². The molecule has 0 aliphatic carbocycles. The average molecular weight is 372 g/mol. The molecule has 142 valence electrons. The second kappa shape index (κ2) is 6.19. The van der Waals surface area contributed by atoms with Crippen molar-refractivity contribution >= 4 is 11.9 Å². The van der Waals surface area contributed by atoms with Crippen molar-refractivity contribution in [3.8, 4) is 23.0 Å². The largest absolute Gasteiger partial charge is 0.508 e. The van der Waals surface area contributed by atoms with E-state index in [1.54, 1.807) is 13.8 Å². The number of aryl methyl sites for hydroxylation is 1. The number of phenols is 3. The Hall–Kier alpha value is -3.22. The van der Waals surface area contributed by atoms with Crippen molar-refractivity contribution in [1.29, 1.82) is 0 Å². The Bertz CT molecular complexity index is 954. The van der Waals surface area contributed by atoms with Crippen molar-refractivity contribution in [2.75, 3.05) is 0 Å². The molecule has 0 bridgehead atoms. The lowest BCUT2D eigenvalue weighted by Gasteiger charge is -2.22. The minimum absolute atomic E-state index is 0.0566. The van der Waals surface area contributed by atoms with Gasteiger partial charge in [-0.25, -0.2) is 9.59 Å². The van der Waals surface area contributed by atoms with Gasteiger partial charge in [0, 0.05) is 17.2 Å². The fourth-order valence-electron chi connectivity index (χ4n) is 3.21. The van der Waals surface area contributed by atoms with Crippen LogP contribution in [0.15, 0.2) is 18.2 Å². The second-order valence-corrected chi connectivity index (χ2v) is 6.79. The maximum Gasteiger partial charge on any atom is 0.347 e. The molecule has 0 fully saturated rings. The van der Waals surface area contributed by atoms with Crippen LogP contribution in [-0.2, 0) is 10.3 Å². The van der Waals surface area contributed by atoms with Crippen LogP contribution in [0.1, 0.15) is 57.7 Å². The van der Waals surface area contributed by atoms with Gasteiger partial charge in [0.2, 0.25) is 0 Å². The molecule has 1 atom stereocenters. The molecular weight excluding hydrogens is 352 g/mol. The smallest absolute Gasteiger partial charge is 0.347 e. The summed E-state index contributed by atoms with van der Waals surface area (Å²) in [6, 6.07) is 3.87. The molecular formula is C20H20O7. The zero-order valence-corrected chi connectivity index (χ0v) is 15.4. The summed E-state index contributed by atoms with van der Waals surface area (Å²) in [7, 11) is 0. The number of hydrogen-bond donors (Lipinski definition) is 3. The Kier molecular flexibility index (Phi) is 4.26. The minimum Gasteiger partial charge on any atom is -0.508 e. The highest BCUT2D eigenvalue weighted by atomic mass is 16.6. The summed E-state index contributed by atoms with van der Waals surface area (Å²) in [5.74, 6) is -2.32. The van der Waals surface area contributed by atoms with Crippen molar-refractivity contribution in [1.82, 2.24) is 0 Å². The lowest BCUT2D eigenvalue weighted by Crippen LogP contribution is -2.20. The van der Waals surface area contributed by atoms with Gasteiger partial charge in [0.25, 0.3) is 0 Å². The first kappa shape index (κ1) is 18.6. The van der Waals surface area contributed by atoms with Crippen LogP contribution in [0.5, 0.6) is 23.0 Å². The molecule has 0 radical (unpaired) electrons. The highest BCUT2D eigenvalue weighted by Gasteiger charge is 2.43. The van der Waals surface area contributed by atoms with E-state index >= 15 is 0 Å². The Labute approximate surface area is 155 Å². The zero-order chi connectivity index (χ0) is 20.1. The van der Waals surface area contributed by atoms with Gasteiger partial charge >= 0.3 is 11.9 Å². The molecule has 1 aliphatic rings. The molecule has 2 aromatic rings. The molecule has 27 heavy (non-hydrogen) atoms. The Morgan fingerprint density at radius 1 is 1.19 bits per heavy atom. The van der Waals surface area contributed by atoms with E-state index in [9.17, 15) is 24.9 Å². The Morgan fingerprint density at radius 2 is 1.85 bits per heavy atom. The highest BCUT2D eigenvalue weighted by molar-refractivity contribution is 5.99. The molecule has 7 heteroatoms. The van der Waals surface area contributed by atoms with Gasteiger partial charge in [0.1, 0.15) is 39.7 Å². The number of carbonyl (C=O) groups is 2. The van der Waals surface area contributed by atoms with Crippen LogP contribution in [0, 0.1) is 13.8 Å². The maximum absolute atomic E-state index is 12.6. The zero-order valence-electron chi connectivity index (χ0n) is 15.4. The lowest BCUT2D eigenvalue weighted by molar-refractivity contribution is -0.000929. The van der Waals surface area contributed by atoms with Crippen LogP contribution in [0.25, 0.3) is 0 Å². The van der Waals surface area contributed by atoms with Gasteiger partial charge in [-0.15, -0.1) is 0 Å². The first-order chi connectivity index (χ1) is 12.6. The van der Waals surface area contributed by atoms with E-state index in [0.717, 1.165) is 6.07 Å². The summed E-state index contributed by atoms with van der Waals surface area (Å²) in [5, 5.41) is 29.9. The number of cyclic esters (lactones) is 1. The van der Waals surface area contributed by atoms with Gasteiger partial charge in [0.05, 0.1) is 0 Å². The number of ether oxygens (including phenoxy) is 2. The van der Waals surface area contributed by atoms with E-state index in [2.05, 4.69) is 0 Å². The molecule has 0 saturated carbocycles. The van der Waals surface area contributed by atoms with Crippen LogP contribution in [0.3, 0.4) is 0 Å². The summed E-state index contributed by atoms with van der Waals surface area (Å²) in [4.78, 5) is 24.7. The predicted octanol–water partition coefficient (Wildman–Crippen LogP) is 3.44. The first-order valence-electron chi connectivity index (χ1n) is 8.44. The van der Waals surface area contributed by atoms with Gasteiger partial charge in [-0.1, -0.05) is 6.92 Å². The lowest BCUT2D eigenvalue weighted by atomic mass is 9.90. The molecule has 0 amide bonds. The van der Waals surface area contributed by atoms with E-state index in [1.807, 2.05) is 6.92 Å². The molecule has 0 saturated heterocycles. The van der Waals surface area contributed by atoms with E-state index in [0.29, 0.717) is 17.5 Å². The Balaban J connectivity index is 2.07. The SMILES string of the molecule is CCC1(C)OC(=O)c2c1cc(OC(=O)c1c(C)cc(O)cc1O)c(C)c2O. The number of rotatable bonds is 3. The van der Waals surface area contributed by atoms with Crippen molar-refractivity contribution in [2.24, 2.45) is 0 Å². The normalized spacial score (nSPS) is 18.1. The fourth-order valence-corrected chi connectivity index (χ4v) is 3.21. The molecule has 7 nitrogen and oxygen atoms in total. The summed E-state index contributed by atoms with van der Waals surface area (Å²) < 4.78 is 10.8. The maximum atomic E-state index is 12.6. The molecule has 0 spiro atoms. The third-order valence-electron chi connectivity index (χ3n) is 4.98. The number of aromatic hydroxyl groups is 3. The first-order valence-corrected chi connectivity index (χ1v) is 8.44. The van der Waals surface area contributed by atoms with Crippen LogP contribution in [-0.4, -0.2) is 27.3 Å². The quantitative estimate of drug-likeness (QED) is 0.559. The number of carbonyl (C=O) groups excluding carboxylic acids is 2. The molecule has 0 aromatic heterocycles. The molecule has 2 aromatic carbocycles. The van der Waals surface area contributed by atoms with E-state index in [-0.39, 0.29) is 33.9 Å². The average Bonchev–Trinajstić information content (AvgIpc) is 2.82. The minimum atomic E-state index is -0.935. The summed E-state index contributed by atoms with van der Waals surface area (Å²) >= 11 is 0. The van der Waals surface area contributed by atoms with Crippen LogP contribution in [0.2, 0.25) is 0 Å². The van der Waals surface area contributed by atoms with Crippen molar-refractivity contribution in [3.63, 3.8) is 0 Å². The highest BCUT2D eigenvalue weighted by Crippen LogP contribution is 2.46. The monoisotopic (exact) mass is 372 g/mol. The number of benzene rings is 2. The number of esters is 2. The van der Waals surface area contributed by atoms with Crippen LogP contribution in [0.4, 0.5) is 0 Å². The van der Waals surface area contributed by atoms with E-state index in [1.165, 1.54) is 19.1 Å². The third kappa shape index (κ3) is 2.85. The molecule has 1 unspecified atom stereocenters. The second-order valence-electron chi connectivity index (χ2n) is 6.79. The fraction of sp³-hybridized carbons (Fsp3) is 0.300. The van der Waals surface area contributed by atoms with E-state index < -0.39 is 23.3 Å². The van der Waals surface area contributed by atoms with Gasteiger partial charge in [0.15, 0.2) is 0 Å². The van der Waals surface area contributed by atoms with Crippen molar-refractivity contribution < 1.29 is 34.4 Å². The van der Waals surface area contributed by atoms with Crippen molar-refractivity contribution in [2.45, 2.75) is 39.7 Å². The topological polar surface area (TPSA) is 113 Å². The van der Waals surface area contributed by atoms with Gasteiger partial charge in [-0.2, -0.15) is 0 Å². The predicted molar refractivity (Wildman–Crippen MR) is 95.4 cm³/mol. The van der Waals surface area contributed by atoms with E-state index in [4.69, 9.17) is 9.47 Å². The van der Waals surface area contributed by atoms with Crippen molar-refractivity contribution in [3.05, 3.63) is 46.0 Å². The molecule has 3 N–H and O–H groups in total.